The molecule has 0 unspecified atom stereocenters. The first kappa shape index (κ1) is 25.8. The van der Waals surface area contributed by atoms with Crippen LogP contribution >= 0.6 is 0 Å². The molecule has 0 radical (unpaired) electrons. The number of carboxylic acid groups (broad SMARTS) is 1. The molecular formula is C31H39N5O4. The van der Waals surface area contributed by atoms with E-state index in [2.05, 4.69) is 26.5 Å². The maximum atomic E-state index is 11.6. The first-order valence-electron chi connectivity index (χ1n) is 15.0. The van der Waals surface area contributed by atoms with E-state index in [0.717, 1.165) is 87.1 Å². The van der Waals surface area contributed by atoms with Gasteiger partial charge in [0.2, 0.25) is 5.88 Å². The van der Waals surface area contributed by atoms with Crippen LogP contribution in [0.5, 0.6) is 5.88 Å². The van der Waals surface area contributed by atoms with Crippen LogP contribution in [0.2, 0.25) is 0 Å². The summed E-state index contributed by atoms with van der Waals surface area (Å²) in [6.07, 6.45) is 10.6. The summed E-state index contributed by atoms with van der Waals surface area (Å²) >= 11 is 0. The number of ether oxygens (including phenoxy) is 2. The lowest BCUT2D eigenvalue weighted by Crippen LogP contribution is -2.46. The third-order valence-corrected chi connectivity index (χ3v) is 9.72. The lowest BCUT2D eigenvalue weighted by molar-refractivity contribution is -0.0592. The summed E-state index contributed by atoms with van der Waals surface area (Å²) in [4.78, 5) is 26.2. The highest BCUT2D eigenvalue weighted by atomic mass is 16.5. The molecule has 1 aromatic carbocycles. The van der Waals surface area contributed by atoms with E-state index in [0.29, 0.717) is 18.1 Å². The normalized spacial score (nSPS) is 23.2. The van der Waals surface area contributed by atoms with E-state index in [1.165, 1.54) is 32.1 Å². The van der Waals surface area contributed by atoms with Crippen LogP contribution in [-0.2, 0) is 17.8 Å². The molecule has 212 valence electrons. The van der Waals surface area contributed by atoms with Crippen molar-refractivity contribution < 1.29 is 19.4 Å². The molecule has 7 rings (SSSR count). The zero-order valence-corrected chi connectivity index (χ0v) is 23.1. The molecule has 2 aliphatic heterocycles. The molecule has 2 aromatic heterocycles. The van der Waals surface area contributed by atoms with Gasteiger partial charge in [0, 0.05) is 38.9 Å². The summed E-state index contributed by atoms with van der Waals surface area (Å²) in [6, 6.07) is 11.3. The number of aromatic carboxylic acids is 1. The maximum absolute atomic E-state index is 11.6. The van der Waals surface area contributed by atoms with E-state index < -0.39 is 5.97 Å². The van der Waals surface area contributed by atoms with Crippen LogP contribution in [0.3, 0.4) is 0 Å². The number of imidazole rings is 1. The zero-order chi connectivity index (χ0) is 27.1. The number of piperazine rings is 1. The molecular weight excluding hydrogens is 506 g/mol. The van der Waals surface area contributed by atoms with E-state index in [9.17, 15) is 9.90 Å². The van der Waals surface area contributed by atoms with Gasteiger partial charge in [-0.15, -0.1) is 0 Å². The molecule has 2 saturated carbocycles. The Labute approximate surface area is 235 Å². The summed E-state index contributed by atoms with van der Waals surface area (Å²) in [5, 5.41) is 9.51. The van der Waals surface area contributed by atoms with E-state index in [1.54, 1.807) is 12.1 Å². The maximum Gasteiger partial charge on any atom is 0.335 e. The van der Waals surface area contributed by atoms with E-state index >= 15 is 0 Å². The largest absolute Gasteiger partial charge is 0.478 e. The topological polar surface area (TPSA) is 93.0 Å². The lowest BCUT2D eigenvalue weighted by atomic mass is 9.60. The molecule has 3 aromatic rings. The van der Waals surface area contributed by atoms with Gasteiger partial charge in [-0.25, -0.2) is 9.78 Å². The summed E-state index contributed by atoms with van der Waals surface area (Å²) in [5.41, 5.74) is 2.63. The van der Waals surface area contributed by atoms with Crippen LogP contribution in [0.1, 0.15) is 67.5 Å². The van der Waals surface area contributed by atoms with Crippen LogP contribution in [0.4, 0.5) is 5.82 Å². The Morgan fingerprint density at radius 1 is 1.02 bits per heavy atom. The number of benzene rings is 1. The summed E-state index contributed by atoms with van der Waals surface area (Å²) < 4.78 is 14.2. The van der Waals surface area contributed by atoms with Crippen molar-refractivity contribution in [3.05, 3.63) is 47.8 Å². The molecule has 4 aliphatic rings. The number of pyridine rings is 1. The molecule has 1 N–H and O–H groups in total. The van der Waals surface area contributed by atoms with Crippen molar-refractivity contribution in [1.82, 2.24) is 19.4 Å². The molecule has 1 atom stereocenters. The predicted molar refractivity (Wildman–Crippen MR) is 152 cm³/mol. The van der Waals surface area contributed by atoms with E-state index in [1.807, 2.05) is 12.1 Å². The fraction of sp³-hybridized carbons (Fsp3) is 0.581. The standard InChI is InChI=1S/C31H39N5O4/c37-30(38)22-5-6-25-26(19-22)36(20-24-9-18-39-24)28(32-25)21-34-14-16-35(17-15-34)27-3-1-4-29(33-27)40-23-7-12-31(13-8-23)10-2-11-31/h1,3-6,19,23-24H,2,7-18,20-21H2,(H,37,38)/t24-/m0/s1. The number of anilines is 1. The number of aromatic nitrogens is 3. The fourth-order valence-corrected chi connectivity index (χ4v) is 6.91. The second kappa shape index (κ2) is 10.7. The monoisotopic (exact) mass is 545 g/mol. The van der Waals surface area contributed by atoms with Gasteiger partial charge in [-0.2, -0.15) is 4.98 Å². The highest BCUT2D eigenvalue weighted by Gasteiger charge is 2.40. The first-order chi connectivity index (χ1) is 19.5. The van der Waals surface area contributed by atoms with E-state index in [-0.39, 0.29) is 11.7 Å². The molecule has 4 fully saturated rings. The summed E-state index contributed by atoms with van der Waals surface area (Å²) in [5.74, 6) is 1.78. The highest BCUT2D eigenvalue weighted by Crippen LogP contribution is 2.51. The number of carbonyl (C=O) groups is 1. The highest BCUT2D eigenvalue weighted by molar-refractivity contribution is 5.92. The number of hydrogen-bond donors (Lipinski definition) is 1. The SMILES string of the molecule is O=C(O)c1ccc2nc(CN3CCN(c4cccc(OC5CCC6(CCC6)CC5)n4)CC3)n(C[C@@H]3CCO3)c2c1. The smallest absolute Gasteiger partial charge is 0.335 e. The Morgan fingerprint density at radius 3 is 2.50 bits per heavy atom. The minimum Gasteiger partial charge on any atom is -0.478 e. The quantitative estimate of drug-likeness (QED) is 0.434. The molecule has 4 heterocycles. The summed E-state index contributed by atoms with van der Waals surface area (Å²) in [7, 11) is 0. The van der Waals surface area contributed by atoms with Crippen LogP contribution in [0.25, 0.3) is 11.0 Å². The van der Waals surface area contributed by atoms with Gasteiger partial charge >= 0.3 is 5.97 Å². The third kappa shape index (κ3) is 5.17. The molecule has 9 heteroatoms. The van der Waals surface area contributed by atoms with Crippen molar-refractivity contribution in [2.45, 2.75) is 76.7 Å². The van der Waals surface area contributed by atoms with Gasteiger partial charge in [0.05, 0.1) is 35.8 Å². The van der Waals surface area contributed by atoms with Gasteiger partial charge in [0.15, 0.2) is 0 Å². The minimum absolute atomic E-state index is 0.162. The Hall–Kier alpha value is -3.17. The Morgan fingerprint density at radius 2 is 1.82 bits per heavy atom. The second-order valence-electron chi connectivity index (χ2n) is 12.2. The van der Waals surface area contributed by atoms with Gasteiger partial charge in [0.25, 0.3) is 0 Å². The lowest BCUT2D eigenvalue weighted by Gasteiger charge is -2.46. The predicted octanol–water partition coefficient (Wildman–Crippen LogP) is 4.73. The van der Waals surface area contributed by atoms with Crippen molar-refractivity contribution in [1.29, 1.82) is 0 Å². The average Bonchev–Trinajstić information content (AvgIpc) is 3.26. The van der Waals surface area contributed by atoms with Crippen LogP contribution in [-0.4, -0.2) is 75.5 Å². The van der Waals surface area contributed by atoms with Crippen LogP contribution in [0.15, 0.2) is 36.4 Å². The first-order valence-corrected chi connectivity index (χ1v) is 15.0. The van der Waals surface area contributed by atoms with Crippen LogP contribution in [0, 0.1) is 5.41 Å². The van der Waals surface area contributed by atoms with Gasteiger partial charge in [-0.1, -0.05) is 12.5 Å². The number of rotatable bonds is 8. The van der Waals surface area contributed by atoms with Crippen molar-refractivity contribution >= 4 is 22.8 Å². The second-order valence-corrected chi connectivity index (χ2v) is 12.2. The van der Waals surface area contributed by atoms with Crippen molar-refractivity contribution in [3.8, 4) is 5.88 Å². The molecule has 0 bridgehead atoms. The van der Waals surface area contributed by atoms with Crippen molar-refractivity contribution in [2.24, 2.45) is 5.41 Å². The van der Waals surface area contributed by atoms with Crippen molar-refractivity contribution in [2.75, 3.05) is 37.7 Å². The number of carboxylic acids is 1. The number of fused-ring (bicyclic) bond motifs is 1. The average molecular weight is 546 g/mol. The third-order valence-electron chi connectivity index (χ3n) is 9.72. The number of hydrogen-bond acceptors (Lipinski definition) is 7. The molecule has 40 heavy (non-hydrogen) atoms. The Balaban J connectivity index is 0.988. The minimum atomic E-state index is -0.920. The van der Waals surface area contributed by atoms with Gasteiger partial charge < -0.3 is 24.0 Å². The fourth-order valence-electron chi connectivity index (χ4n) is 6.91. The van der Waals surface area contributed by atoms with Gasteiger partial charge in [0.1, 0.15) is 17.7 Å². The molecule has 1 spiro atoms. The van der Waals surface area contributed by atoms with Gasteiger partial charge in [-0.05, 0) is 74.6 Å². The van der Waals surface area contributed by atoms with Crippen LogP contribution < -0.4 is 9.64 Å². The molecule has 0 amide bonds. The number of nitrogens with zero attached hydrogens (tertiary/aromatic N) is 5. The van der Waals surface area contributed by atoms with Gasteiger partial charge in [-0.3, -0.25) is 4.90 Å². The Kier molecular flexibility index (Phi) is 6.87. The molecule has 2 aliphatic carbocycles. The molecule has 9 nitrogen and oxygen atoms in total. The Bertz CT molecular complexity index is 1360. The summed E-state index contributed by atoms with van der Waals surface area (Å²) in [6.45, 7) is 5.79. The zero-order valence-electron chi connectivity index (χ0n) is 23.1. The molecule has 2 saturated heterocycles. The van der Waals surface area contributed by atoms with Crippen molar-refractivity contribution in [3.63, 3.8) is 0 Å². The van der Waals surface area contributed by atoms with E-state index in [4.69, 9.17) is 19.4 Å².